The van der Waals surface area contributed by atoms with E-state index in [9.17, 15) is 0 Å². The van der Waals surface area contributed by atoms with Crippen LogP contribution in [0.4, 0.5) is 17.6 Å². The molecule has 1 aliphatic rings. The summed E-state index contributed by atoms with van der Waals surface area (Å²) in [6.07, 6.45) is 2.61. The molecule has 0 atom stereocenters. The summed E-state index contributed by atoms with van der Waals surface area (Å²) >= 11 is 0. The number of aromatic nitrogens is 3. The van der Waals surface area contributed by atoms with E-state index in [1.807, 2.05) is 18.2 Å². The van der Waals surface area contributed by atoms with Crippen LogP contribution >= 0.6 is 0 Å². The Balaban J connectivity index is 1.98. The van der Waals surface area contributed by atoms with E-state index >= 15 is 0 Å². The molecule has 0 fully saturated rings. The summed E-state index contributed by atoms with van der Waals surface area (Å²) in [5.74, 6) is 1.79. The fourth-order valence-electron chi connectivity index (χ4n) is 2.02. The zero-order chi connectivity index (χ0) is 12.4. The van der Waals surface area contributed by atoms with Gasteiger partial charge in [0.25, 0.3) is 0 Å². The molecule has 3 rings (SSSR count). The van der Waals surface area contributed by atoms with E-state index in [-0.39, 0.29) is 0 Å². The van der Waals surface area contributed by atoms with Crippen LogP contribution in [0, 0.1) is 0 Å². The highest BCUT2D eigenvalue weighted by Crippen LogP contribution is 2.23. The number of nitrogen functional groups attached to an aromatic ring is 1. The highest BCUT2D eigenvalue weighted by Gasteiger charge is 2.16. The molecule has 1 aliphatic heterocycles. The molecule has 0 aromatic carbocycles. The Morgan fingerprint density at radius 3 is 3.06 bits per heavy atom. The van der Waals surface area contributed by atoms with Crippen LogP contribution in [0.1, 0.15) is 11.3 Å². The highest BCUT2D eigenvalue weighted by molar-refractivity contribution is 5.58. The molecule has 92 valence electrons. The lowest BCUT2D eigenvalue weighted by molar-refractivity contribution is 0.629. The molecule has 0 amide bonds. The molecule has 0 saturated heterocycles. The molecule has 6 nitrogen and oxygen atoms in total. The topological polar surface area (TPSA) is 88.8 Å². The smallest absolute Gasteiger partial charge is 0.222 e. The maximum Gasteiger partial charge on any atom is 0.222 e. The highest BCUT2D eigenvalue weighted by atomic mass is 15.1. The molecule has 0 radical (unpaired) electrons. The normalized spacial score (nSPS) is 14.0. The second-order valence-electron chi connectivity index (χ2n) is 4.12. The number of nitrogens with two attached hydrogens (primary N) is 1. The molecular weight excluding hydrogens is 228 g/mol. The van der Waals surface area contributed by atoms with Gasteiger partial charge in [-0.3, -0.25) is 0 Å². The van der Waals surface area contributed by atoms with Crippen LogP contribution in [0.3, 0.4) is 0 Å². The van der Waals surface area contributed by atoms with Crippen molar-refractivity contribution in [2.75, 3.05) is 17.6 Å². The van der Waals surface area contributed by atoms with Crippen molar-refractivity contribution in [3.8, 4) is 0 Å². The minimum atomic E-state index is 0.300. The number of fused-ring (bicyclic) bond motifs is 1. The lowest BCUT2D eigenvalue weighted by atomic mass is 10.1. The van der Waals surface area contributed by atoms with Crippen molar-refractivity contribution in [1.29, 1.82) is 0 Å². The Morgan fingerprint density at radius 1 is 1.28 bits per heavy atom. The second kappa shape index (κ2) is 4.58. The minimum absolute atomic E-state index is 0.300. The summed E-state index contributed by atoms with van der Waals surface area (Å²) in [5, 5.41) is 6.50. The molecule has 0 spiro atoms. The van der Waals surface area contributed by atoms with Gasteiger partial charge in [-0.15, -0.1) is 0 Å². The fourth-order valence-corrected chi connectivity index (χ4v) is 2.02. The van der Waals surface area contributed by atoms with Gasteiger partial charge in [0.1, 0.15) is 11.6 Å². The van der Waals surface area contributed by atoms with Gasteiger partial charge in [0.2, 0.25) is 5.95 Å². The van der Waals surface area contributed by atoms with Gasteiger partial charge in [-0.05, 0) is 12.1 Å². The minimum Gasteiger partial charge on any atom is -0.368 e. The summed E-state index contributed by atoms with van der Waals surface area (Å²) in [4.78, 5) is 12.8. The lowest BCUT2D eigenvalue weighted by Gasteiger charge is -2.19. The van der Waals surface area contributed by atoms with Crippen LogP contribution in [-0.4, -0.2) is 21.5 Å². The summed E-state index contributed by atoms with van der Waals surface area (Å²) in [7, 11) is 0. The van der Waals surface area contributed by atoms with Crippen LogP contribution in [0.5, 0.6) is 0 Å². The van der Waals surface area contributed by atoms with E-state index in [1.165, 1.54) is 0 Å². The van der Waals surface area contributed by atoms with Gasteiger partial charge < -0.3 is 16.4 Å². The Hall–Kier alpha value is -2.21. The maximum atomic E-state index is 5.73. The first kappa shape index (κ1) is 10.9. The number of nitrogens with zero attached hydrogens (tertiary/aromatic N) is 3. The summed E-state index contributed by atoms with van der Waals surface area (Å²) < 4.78 is 0. The van der Waals surface area contributed by atoms with Crippen molar-refractivity contribution in [2.24, 2.45) is 0 Å². The van der Waals surface area contributed by atoms with Crippen LogP contribution in [0.2, 0.25) is 0 Å². The van der Waals surface area contributed by atoms with Crippen LogP contribution < -0.4 is 16.4 Å². The van der Waals surface area contributed by atoms with Gasteiger partial charge in [-0.2, -0.15) is 4.98 Å². The molecule has 2 aromatic heterocycles. The molecular formula is C12H14N6. The van der Waals surface area contributed by atoms with Gasteiger partial charge in [0.05, 0.1) is 5.69 Å². The number of nitrogens with one attached hydrogen (secondary N) is 2. The zero-order valence-corrected chi connectivity index (χ0v) is 9.85. The van der Waals surface area contributed by atoms with Crippen LogP contribution in [0.15, 0.2) is 24.4 Å². The van der Waals surface area contributed by atoms with Gasteiger partial charge >= 0.3 is 0 Å². The molecule has 3 heterocycles. The van der Waals surface area contributed by atoms with E-state index in [0.29, 0.717) is 5.95 Å². The number of hydrogen-bond acceptors (Lipinski definition) is 6. The van der Waals surface area contributed by atoms with E-state index in [1.54, 1.807) is 6.20 Å². The number of rotatable bonds is 2. The lowest BCUT2D eigenvalue weighted by Crippen LogP contribution is -2.26. The van der Waals surface area contributed by atoms with Gasteiger partial charge in [0, 0.05) is 31.3 Å². The zero-order valence-electron chi connectivity index (χ0n) is 9.85. The monoisotopic (exact) mass is 242 g/mol. The maximum absolute atomic E-state index is 5.73. The third-order valence-corrected chi connectivity index (χ3v) is 2.86. The molecule has 0 aliphatic carbocycles. The van der Waals surface area contributed by atoms with Gasteiger partial charge in [0.15, 0.2) is 0 Å². The van der Waals surface area contributed by atoms with E-state index < -0.39 is 0 Å². The molecule has 0 unspecified atom stereocenters. The first-order chi connectivity index (χ1) is 8.83. The first-order valence-corrected chi connectivity index (χ1v) is 5.87. The number of hydrogen-bond donors (Lipinski definition) is 3. The number of pyridine rings is 1. The quantitative estimate of drug-likeness (QED) is 0.723. The third kappa shape index (κ3) is 2.10. The molecule has 0 bridgehead atoms. The fraction of sp³-hybridized carbons (Fsp3) is 0.250. The number of anilines is 3. The Labute approximate surface area is 105 Å². The van der Waals surface area contributed by atoms with E-state index in [4.69, 9.17) is 5.73 Å². The summed E-state index contributed by atoms with van der Waals surface area (Å²) in [6.45, 7) is 1.68. The summed E-state index contributed by atoms with van der Waals surface area (Å²) in [5.41, 5.74) is 7.82. The van der Waals surface area contributed by atoms with Crippen molar-refractivity contribution < 1.29 is 0 Å². The third-order valence-electron chi connectivity index (χ3n) is 2.86. The van der Waals surface area contributed by atoms with Gasteiger partial charge in [-0.25, -0.2) is 9.97 Å². The predicted molar refractivity (Wildman–Crippen MR) is 69.4 cm³/mol. The molecule has 6 heteroatoms. The molecule has 18 heavy (non-hydrogen) atoms. The Kier molecular flexibility index (Phi) is 2.77. The Morgan fingerprint density at radius 2 is 2.22 bits per heavy atom. The van der Waals surface area contributed by atoms with Crippen molar-refractivity contribution in [3.63, 3.8) is 0 Å². The summed E-state index contributed by atoms with van der Waals surface area (Å²) in [6, 6.07) is 5.68. The van der Waals surface area contributed by atoms with Gasteiger partial charge in [-0.1, -0.05) is 6.07 Å². The van der Waals surface area contributed by atoms with Crippen LogP contribution in [0.25, 0.3) is 0 Å². The van der Waals surface area contributed by atoms with E-state index in [0.717, 1.165) is 42.4 Å². The van der Waals surface area contributed by atoms with Crippen molar-refractivity contribution in [2.45, 2.75) is 13.0 Å². The van der Waals surface area contributed by atoms with Crippen LogP contribution in [-0.2, 0) is 13.0 Å². The average molecular weight is 242 g/mol. The van der Waals surface area contributed by atoms with Crippen molar-refractivity contribution in [1.82, 2.24) is 20.3 Å². The predicted octanol–water partition coefficient (Wildman–Crippen LogP) is 0.843. The van der Waals surface area contributed by atoms with Crippen molar-refractivity contribution in [3.05, 3.63) is 35.7 Å². The first-order valence-electron chi connectivity index (χ1n) is 5.87. The van der Waals surface area contributed by atoms with E-state index in [2.05, 4.69) is 25.6 Å². The largest absolute Gasteiger partial charge is 0.368 e. The second-order valence-corrected chi connectivity index (χ2v) is 4.12. The standard InChI is InChI=1S/C12H14N6/c13-12-16-9-4-6-14-7-8(9)11(18-12)17-10-3-1-2-5-15-10/h1-3,5,14H,4,6-7H2,(H3,13,15,16,17,18). The molecule has 0 saturated carbocycles. The molecule has 2 aromatic rings. The molecule has 4 N–H and O–H groups in total. The average Bonchev–Trinajstić information content (AvgIpc) is 2.40. The van der Waals surface area contributed by atoms with Crippen molar-refractivity contribution >= 4 is 17.6 Å². The Bertz CT molecular complexity index is 554. The SMILES string of the molecule is Nc1nc2c(c(Nc3ccccn3)n1)CNCC2.